The fourth-order valence-corrected chi connectivity index (χ4v) is 5.09. The molecule has 2 heterocycles. The minimum absolute atomic E-state index is 0.00563. The third-order valence-electron chi connectivity index (χ3n) is 5.23. The van der Waals surface area contributed by atoms with Crippen LogP contribution in [-0.4, -0.2) is 106 Å². The van der Waals surface area contributed by atoms with Crippen molar-refractivity contribution in [2.75, 3.05) is 65.2 Å². The summed E-state index contributed by atoms with van der Waals surface area (Å²) in [6.07, 6.45) is 3.32. The quantitative estimate of drug-likeness (QED) is 0.140. The summed E-state index contributed by atoms with van der Waals surface area (Å²) in [6, 6.07) is 0.408. The second-order valence-electron chi connectivity index (χ2n) is 7.81. The number of ether oxygens (including phenoxy) is 4. The molecule has 190 valence electrons. The van der Waals surface area contributed by atoms with Crippen molar-refractivity contribution >= 4 is 29.7 Å². The van der Waals surface area contributed by atoms with Crippen molar-refractivity contribution in [1.82, 2.24) is 16.0 Å². The van der Waals surface area contributed by atoms with Crippen LogP contribution in [0.4, 0.5) is 4.79 Å². The first-order valence-corrected chi connectivity index (χ1v) is 12.6. The first-order valence-electron chi connectivity index (χ1n) is 11.5. The summed E-state index contributed by atoms with van der Waals surface area (Å²) in [6.45, 7) is 3.63. The van der Waals surface area contributed by atoms with Gasteiger partial charge in [-0.1, -0.05) is 6.42 Å². The number of fused-ring (bicyclic) bond motifs is 1. The second-order valence-corrected chi connectivity index (χ2v) is 9.08. The Hall–Kier alpha value is -1.60. The molecule has 0 aromatic rings. The Kier molecular flexibility index (Phi) is 14.2. The first kappa shape index (κ1) is 27.6. The molecule has 2 saturated heterocycles. The number of carboxylic acid groups (broad SMARTS) is 1. The highest BCUT2D eigenvalue weighted by atomic mass is 32.2. The minimum atomic E-state index is -0.878. The maximum absolute atomic E-state index is 11.9. The molecule has 12 heteroatoms. The number of thioether (sulfide) groups is 1. The van der Waals surface area contributed by atoms with Crippen LogP contribution >= 0.6 is 11.8 Å². The molecule has 2 aliphatic heterocycles. The van der Waals surface area contributed by atoms with Crippen molar-refractivity contribution in [2.24, 2.45) is 0 Å². The van der Waals surface area contributed by atoms with Gasteiger partial charge in [0.25, 0.3) is 0 Å². The number of hydrogen-bond donors (Lipinski definition) is 4. The molecule has 3 amide bonds. The highest BCUT2D eigenvalue weighted by molar-refractivity contribution is 8.00. The van der Waals surface area contributed by atoms with E-state index < -0.39 is 5.97 Å². The van der Waals surface area contributed by atoms with Gasteiger partial charge in [-0.25, -0.2) is 4.79 Å². The normalized spacial score (nSPS) is 21.5. The van der Waals surface area contributed by atoms with Gasteiger partial charge < -0.3 is 40.0 Å². The van der Waals surface area contributed by atoms with Crippen LogP contribution in [0.5, 0.6) is 0 Å². The molecular weight excluding hydrogens is 454 g/mol. The van der Waals surface area contributed by atoms with Crippen LogP contribution in [0, 0.1) is 0 Å². The van der Waals surface area contributed by atoms with Crippen molar-refractivity contribution in [2.45, 2.75) is 49.4 Å². The predicted molar refractivity (Wildman–Crippen MR) is 122 cm³/mol. The molecule has 33 heavy (non-hydrogen) atoms. The molecule has 11 nitrogen and oxygen atoms in total. The summed E-state index contributed by atoms with van der Waals surface area (Å²) in [4.78, 5) is 33.6. The van der Waals surface area contributed by atoms with E-state index in [0.29, 0.717) is 64.5 Å². The van der Waals surface area contributed by atoms with Crippen LogP contribution in [-0.2, 0) is 28.5 Å². The highest BCUT2D eigenvalue weighted by Crippen LogP contribution is 2.33. The SMILES string of the molecule is O=C(O)CCOCCOCCOCCOCCNC(=O)CCCC[C@@H]1SC[C@H]2NC(=O)N[C@H]12. The topological polar surface area (TPSA) is 144 Å². The fraction of sp³-hybridized carbons (Fsp3) is 0.857. The van der Waals surface area contributed by atoms with Crippen molar-refractivity contribution < 1.29 is 38.4 Å². The second kappa shape index (κ2) is 16.9. The number of carbonyl (C=O) groups is 3. The van der Waals surface area contributed by atoms with Gasteiger partial charge in [0.2, 0.25) is 5.91 Å². The van der Waals surface area contributed by atoms with Crippen LogP contribution < -0.4 is 16.0 Å². The highest BCUT2D eigenvalue weighted by Gasteiger charge is 2.42. The third kappa shape index (κ3) is 12.4. The predicted octanol–water partition coefficient (Wildman–Crippen LogP) is 0.370. The van der Waals surface area contributed by atoms with Crippen LogP contribution in [0.1, 0.15) is 32.1 Å². The molecule has 0 radical (unpaired) electrons. The molecule has 0 aliphatic carbocycles. The van der Waals surface area contributed by atoms with Gasteiger partial charge in [0.15, 0.2) is 0 Å². The zero-order chi connectivity index (χ0) is 23.7. The van der Waals surface area contributed by atoms with Crippen molar-refractivity contribution in [3.8, 4) is 0 Å². The molecule has 0 aromatic heterocycles. The van der Waals surface area contributed by atoms with Gasteiger partial charge in [-0.3, -0.25) is 9.59 Å². The summed E-state index contributed by atoms with van der Waals surface area (Å²) >= 11 is 1.90. The maximum Gasteiger partial charge on any atom is 0.315 e. The zero-order valence-electron chi connectivity index (χ0n) is 19.1. The standard InChI is InChI=1S/C21H37N3O8S/c25-18(4-2-1-3-17-20-16(15-33-17)23-21(28)24-20)22-6-8-30-10-12-32-14-13-31-11-9-29-7-5-19(26)27/h16-17,20H,1-15H2,(H,22,25)(H,26,27)(H2,23,24,28)/t16-,17+,20+/m1/s1. The molecule has 3 atom stereocenters. The van der Waals surface area contributed by atoms with Gasteiger partial charge in [0, 0.05) is 24.0 Å². The smallest absolute Gasteiger partial charge is 0.315 e. The lowest BCUT2D eigenvalue weighted by molar-refractivity contribution is -0.138. The number of carboxylic acids is 1. The number of unbranched alkanes of at least 4 members (excludes halogenated alkanes) is 1. The Bertz CT molecular complexity index is 598. The van der Waals surface area contributed by atoms with Crippen LogP contribution in [0.15, 0.2) is 0 Å². The number of nitrogens with one attached hydrogen (secondary N) is 3. The third-order valence-corrected chi connectivity index (χ3v) is 6.73. The van der Waals surface area contributed by atoms with Gasteiger partial charge in [-0.05, 0) is 12.8 Å². The fourth-order valence-electron chi connectivity index (χ4n) is 3.55. The average molecular weight is 492 g/mol. The summed E-state index contributed by atoms with van der Waals surface area (Å²) in [5.41, 5.74) is 0. The number of urea groups is 1. The van der Waals surface area contributed by atoms with E-state index in [0.717, 1.165) is 25.0 Å². The molecule has 0 unspecified atom stereocenters. The van der Waals surface area contributed by atoms with Crippen LogP contribution in [0.3, 0.4) is 0 Å². The van der Waals surface area contributed by atoms with Crippen molar-refractivity contribution in [3.63, 3.8) is 0 Å². The van der Waals surface area contributed by atoms with E-state index in [9.17, 15) is 14.4 Å². The lowest BCUT2D eigenvalue weighted by Gasteiger charge is -2.16. The number of aliphatic carboxylic acids is 1. The Morgan fingerprint density at radius 3 is 2.21 bits per heavy atom. The van der Waals surface area contributed by atoms with Gasteiger partial charge in [0.1, 0.15) is 0 Å². The van der Waals surface area contributed by atoms with Crippen molar-refractivity contribution in [1.29, 1.82) is 0 Å². The number of rotatable bonds is 20. The molecule has 2 aliphatic rings. The Morgan fingerprint density at radius 2 is 1.55 bits per heavy atom. The number of carbonyl (C=O) groups excluding carboxylic acids is 2. The molecule has 2 rings (SSSR count). The van der Waals surface area contributed by atoms with Gasteiger partial charge in [-0.15, -0.1) is 0 Å². The molecular formula is C21H37N3O8S. The molecule has 2 fully saturated rings. The Morgan fingerprint density at radius 1 is 0.909 bits per heavy atom. The summed E-state index contributed by atoms with van der Waals surface area (Å²) in [5.74, 6) is 0.115. The first-order chi connectivity index (χ1) is 16.1. The number of hydrogen-bond acceptors (Lipinski definition) is 8. The Balaban J connectivity index is 1.28. The van der Waals surface area contributed by atoms with Gasteiger partial charge >= 0.3 is 12.0 Å². The minimum Gasteiger partial charge on any atom is -0.481 e. The van der Waals surface area contributed by atoms with Gasteiger partial charge in [0.05, 0.1) is 71.4 Å². The van der Waals surface area contributed by atoms with E-state index >= 15 is 0 Å². The molecule has 0 spiro atoms. The zero-order valence-corrected chi connectivity index (χ0v) is 19.9. The Labute approximate surface area is 199 Å². The lowest BCUT2D eigenvalue weighted by Crippen LogP contribution is -2.36. The van der Waals surface area contributed by atoms with Gasteiger partial charge in [-0.2, -0.15) is 11.8 Å². The van der Waals surface area contributed by atoms with E-state index in [1.807, 2.05) is 11.8 Å². The van der Waals surface area contributed by atoms with E-state index in [4.69, 9.17) is 24.1 Å². The maximum atomic E-state index is 11.9. The molecule has 0 saturated carbocycles. The lowest BCUT2D eigenvalue weighted by atomic mass is 10.0. The van der Waals surface area contributed by atoms with Crippen molar-refractivity contribution in [3.05, 3.63) is 0 Å². The summed E-state index contributed by atoms with van der Waals surface area (Å²) in [7, 11) is 0. The number of amides is 3. The van der Waals surface area contributed by atoms with E-state index in [1.54, 1.807) is 0 Å². The largest absolute Gasteiger partial charge is 0.481 e. The van der Waals surface area contributed by atoms with Crippen LogP contribution in [0.25, 0.3) is 0 Å². The molecule has 0 aromatic carbocycles. The van der Waals surface area contributed by atoms with E-state index in [2.05, 4.69) is 16.0 Å². The molecule has 4 N–H and O–H groups in total. The van der Waals surface area contributed by atoms with E-state index in [1.165, 1.54) is 0 Å². The summed E-state index contributed by atoms with van der Waals surface area (Å²) < 4.78 is 21.2. The van der Waals surface area contributed by atoms with Crippen LogP contribution in [0.2, 0.25) is 0 Å². The van der Waals surface area contributed by atoms with E-state index in [-0.39, 0.29) is 37.0 Å². The average Bonchev–Trinajstić information content (AvgIpc) is 3.33. The summed E-state index contributed by atoms with van der Waals surface area (Å²) in [5, 5.41) is 17.7. The molecule has 0 bridgehead atoms. The monoisotopic (exact) mass is 491 g/mol.